The lowest BCUT2D eigenvalue weighted by molar-refractivity contribution is 1.23. The minimum atomic E-state index is 0.747. The van der Waals surface area contributed by atoms with E-state index in [9.17, 15) is 0 Å². The molecule has 0 spiro atoms. The summed E-state index contributed by atoms with van der Waals surface area (Å²) in [6.07, 6.45) is 2.01. The number of aromatic nitrogens is 2. The zero-order valence-electron chi connectivity index (χ0n) is 10.9. The topological polar surface area (TPSA) is 17.3 Å². The summed E-state index contributed by atoms with van der Waals surface area (Å²) < 4.78 is 3.24. The lowest BCUT2D eigenvalue weighted by atomic mass is 10.1. The molecule has 0 aliphatic rings. The Balaban J connectivity index is 2.06. The van der Waals surface area contributed by atoms with Gasteiger partial charge in [-0.25, -0.2) is 4.98 Å². The third-order valence-electron chi connectivity index (χ3n) is 3.56. The molecule has 2 aromatic carbocycles. The molecule has 4 aromatic rings. The summed E-state index contributed by atoms with van der Waals surface area (Å²) in [5, 5.41) is 0.747. The number of imidazole rings is 1. The SMILES string of the molecule is Clc1cc2c(cc1-c1ccccc1I)nc1ccccn12. The smallest absolute Gasteiger partial charge is 0.137 e. The Morgan fingerprint density at radius 1 is 0.952 bits per heavy atom. The number of benzene rings is 2. The zero-order valence-corrected chi connectivity index (χ0v) is 13.8. The second-order valence-electron chi connectivity index (χ2n) is 4.84. The molecular formula is C17H10ClIN2. The van der Waals surface area contributed by atoms with Crippen molar-refractivity contribution in [1.82, 2.24) is 9.38 Å². The van der Waals surface area contributed by atoms with E-state index in [0.29, 0.717) is 0 Å². The number of halogens is 2. The van der Waals surface area contributed by atoms with Crippen molar-refractivity contribution in [3.8, 4) is 11.1 Å². The van der Waals surface area contributed by atoms with Gasteiger partial charge in [0.1, 0.15) is 5.65 Å². The molecule has 4 heteroatoms. The minimum Gasteiger partial charge on any atom is -0.300 e. The third-order valence-corrected chi connectivity index (χ3v) is 4.81. The van der Waals surface area contributed by atoms with Crippen LogP contribution < -0.4 is 0 Å². The van der Waals surface area contributed by atoms with Crippen LogP contribution in [-0.2, 0) is 0 Å². The van der Waals surface area contributed by atoms with Gasteiger partial charge < -0.3 is 0 Å². The van der Waals surface area contributed by atoms with Crippen molar-refractivity contribution < 1.29 is 0 Å². The summed E-state index contributed by atoms with van der Waals surface area (Å²) in [6.45, 7) is 0. The van der Waals surface area contributed by atoms with Gasteiger partial charge in [0, 0.05) is 15.3 Å². The average molecular weight is 405 g/mol. The Bertz CT molecular complexity index is 975. The number of hydrogen-bond acceptors (Lipinski definition) is 1. The van der Waals surface area contributed by atoms with Gasteiger partial charge in [-0.3, -0.25) is 4.40 Å². The third kappa shape index (κ3) is 2.12. The fourth-order valence-electron chi connectivity index (χ4n) is 2.57. The maximum absolute atomic E-state index is 6.52. The number of fused-ring (bicyclic) bond motifs is 3. The molecule has 0 amide bonds. The second-order valence-corrected chi connectivity index (χ2v) is 6.41. The highest BCUT2D eigenvalue weighted by Gasteiger charge is 2.12. The van der Waals surface area contributed by atoms with Crippen LogP contribution in [0, 0.1) is 3.57 Å². The highest BCUT2D eigenvalue weighted by molar-refractivity contribution is 14.1. The predicted octanol–water partition coefficient (Wildman–Crippen LogP) is 5.41. The lowest BCUT2D eigenvalue weighted by Gasteiger charge is -2.07. The van der Waals surface area contributed by atoms with E-state index < -0.39 is 0 Å². The van der Waals surface area contributed by atoms with Crippen LogP contribution in [-0.4, -0.2) is 9.38 Å². The van der Waals surface area contributed by atoms with Crippen LogP contribution in [0.25, 0.3) is 27.8 Å². The van der Waals surface area contributed by atoms with Crippen LogP contribution in [0.5, 0.6) is 0 Å². The van der Waals surface area contributed by atoms with Gasteiger partial charge in [-0.2, -0.15) is 0 Å². The van der Waals surface area contributed by atoms with Crippen LogP contribution in [0.4, 0.5) is 0 Å². The van der Waals surface area contributed by atoms with E-state index in [2.05, 4.69) is 50.2 Å². The van der Waals surface area contributed by atoms with Crippen LogP contribution in [0.15, 0.2) is 60.8 Å². The average Bonchev–Trinajstić information content (AvgIpc) is 2.85. The van der Waals surface area contributed by atoms with Crippen LogP contribution in [0.2, 0.25) is 5.02 Å². The molecule has 102 valence electrons. The fraction of sp³-hybridized carbons (Fsp3) is 0. The van der Waals surface area contributed by atoms with Gasteiger partial charge in [-0.05, 0) is 58.5 Å². The number of pyridine rings is 1. The van der Waals surface area contributed by atoms with Crippen molar-refractivity contribution in [1.29, 1.82) is 0 Å². The largest absolute Gasteiger partial charge is 0.300 e. The van der Waals surface area contributed by atoms with Gasteiger partial charge in [0.05, 0.1) is 16.1 Å². The molecule has 0 radical (unpaired) electrons. The van der Waals surface area contributed by atoms with Gasteiger partial charge in [-0.1, -0.05) is 35.9 Å². The number of nitrogens with zero attached hydrogens (tertiary/aromatic N) is 2. The summed E-state index contributed by atoms with van der Waals surface area (Å²) >= 11 is 8.86. The molecule has 0 unspecified atom stereocenters. The summed E-state index contributed by atoms with van der Waals surface area (Å²) in [6, 6.07) is 18.3. The minimum absolute atomic E-state index is 0.747. The fourth-order valence-corrected chi connectivity index (χ4v) is 3.51. The van der Waals surface area contributed by atoms with Gasteiger partial charge >= 0.3 is 0 Å². The standard InChI is InChI=1S/C17H10ClIN2/c18-13-10-16-15(20-17-7-3-4-8-21(16)17)9-12(13)11-5-1-2-6-14(11)19/h1-10H. The monoisotopic (exact) mass is 404 g/mol. The molecule has 0 bridgehead atoms. The van der Waals surface area contributed by atoms with Gasteiger partial charge in [0.15, 0.2) is 0 Å². The maximum atomic E-state index is 6.52. The van der Waals surface area contributed by atoms with Crippen LogP contribution in [0.1, 0.15) is 0 Å². The van der Waals surface area contributed by atoms with Crippen molar-refractivity contribution in [2.45, 2.75) is 0 Å². The molecule has 0 atom stereocenters. The van der Waals surface area contributed by atoms with Crippen molar-refractivity contribution in [3.05, 3.63) is 69.4 Å². The summed E-state index contributed by atoms with van der Waals surface area (Å²) in [5.41, 5.74) is 5.09. The molecule has 0 N–H and O–H groups in total. The molecule has 0 fully saturated rings. The van der Waals surface area contributed by atoms with Gasteiger partial charge in [0.25, 0.3) is 0 Å². The first kappa shape index (κ1) is 13.1. The van der Waals surface area contributed by atoms with Crippen molar-refractivity contribution in [3.63, 3.8) is 0 Å². The van der Waals surface area contributed by atoms with Gasteiger partial charge in [0.2, 0.25) is 0 Å². The van der Waals surface area contributed by atoms with E-state index in [0.717, 1.165) is 32.8 Å². The first-order chi connectivity index (χ1) is 10.2. The Hall–Kier alpha value is -1.59. The molecule has 2 nitrogen and oxygen atoms in total. The molecule has 2 heterocycles. The first-order valence-corrected chi connectivity index (χ1v) is 8.01. The van der Waals surface area contributed by atoms with E-state index in [4.69, 9.17) is 11.6 Å². The molecule has 0 aliphatic heterocycles. The number of rotatable bonds is 1. The summed E-state index contributed by atoms with van der Waals surface area (Å²) in [4.78, 5) is 4.67. The van der Waals surface area contributed by atoms with Crippen molar-refractivity contribution in [2.24, 2.45) is 0 Å². The van der Waals surface area contributed by atoms with E-state index in [1.54, 1.807) is 0 Å². The quantitative estimate of drug-likeness (QED) is 0.388. The molecule has 4 rings (SSSR count). The highest BCUT2D eigenvalue weighted by Crippen LogP contribution is 2.34. The van der Waals surface area contributed by atoms with E-state index in [1.807, 2.05) is 42.6 Å². The molecule has 21 heavy (non-hydrogen) atoms. The van der Waals surface area contributed by atoms with Crippen molar-refractivity contribution >= 4 is 50.9 Å². The van der Waals surface area contributed by atoms with Crippen LogP contribution >= 0.6 is 34.2 Å². The summed E-state index contributed by atoms with van der Waals surface area (Å²) in [7, 11) is 0. The summed E-state index contributed by atoms with van der Waals surface area (Å²) in [5.74, 6) is 0. The first-order valence-electron chi connectivity index (χ1n) is 6.55. The molecule has 2 aromatic heterocycles. The van der Waals surface area contributed by atoms with Gasteiger partial charge in [-0.15, -0.1) is 0 Å². The molecule has 0 saturated carbocycles. The Labute approximate surface area is 140 Å². The molecular weight excluding hydrogens is 395 g/mol. The van der Waals surface area contributed by atoms with E-state index in [1.165, 1.54) is 3.57 Å². The molecule has 0 aliphatic carbocycles. The van der Waals surface area contributed by atoms with Crippen LogP contribution in [0.3, 0.4) is 0 Å². The Morgan fingerprint density at radius 3 is 2.62 bits per heavy atom. The highest BCUT2D eigenvalue weighted by atomic mass is 127. The maximum Gasteiger partial charge on any atom is 0.137 e. The Morgan fingerprint density at radius 2 is 1.76 bits per heavy atom. The van der Waals surface area contributed by atoms with Crippen molar-refractivity contribution in [2.75, 3.05) is 0 Å². The van der Waals surface area contributed by atoms with E-state index in [-0.39, 0.29) is 0 Å². The van der Waals surface area contributed by atoms with E-state index >= 15 is 0 Å². The molecule has 0 saturated heterocycles. The second kappa shape index (κ2) is 5.00. The Kier molecular flexibility index (Phi) is 3.12. The zero-order chi connectivity index (χ0) is 14.4. The normalized spacial score (nSPS) is 11.3. The number of hydrogen-bond donors (Lipinski definition) is 0. The lowest BCUT2D eigenvalue weighted by Crippen LogP contribution is -1.86. The predicted molar refractivity (Wildman–Crippen MR) is 95.9 cm³/mol.